The van der Waals surface area contributed by atoms with Gasteiger partial charge in [-0.3, -0.25) is 20.2 Å². The molecule has 0 saturated heterocycles. The minimum Gasteiger partial charge on any atom is -0.385 e. The van der Waals surface area contributed by atoms with E-state index in [1.165, 1.54) is 18.2 Å². The van der Waals surface area contributed by atoms with E-state index in [2.05, 4.69) is 20.0 Å². The quantitative estimate of drug-likeness (QED) is 0.648. The molecule has 2 aromatic rings. The van der Waals surface area contributed by atoms with E-state index in [9.17, 15) is 14.9 Å². The Labute approximate surface area is 124 Å². The predicted molar refractivity (Wildman–Crippen MR) is 79.9 cm³/mol. The van der Waals surface area contributed by atoms with Gasteiger partial charge >= 0.3 is 0 Å². The predicted octanol–water partition coefficient (Wildman–Crippen LogP) is 2.44. The number of amides is 1. The summed E-state index contributed by atoms with van der Waals surface area (Å²) in [5.74, 6) is 0.0899. The van der Waals surface area contributed by atoms with Gasteiger partial charge in [-0.25, -0.2) is 4.98 Å². The third-order valence-corrected chi connectivity index (χ3v) is 3.30. The summed E-state index contributed by atoms with van der Waals surface area (Å²) in [4.78, 5) is 26.6. The number of aromatic nitrogens is 2. The number of hydrogen-bond donors (Lipinski definition) is 2. The average Bonchev–Trinajstić information content (AvgIpc) is 2.84. The molecule has 1 aromatic heterocycles. The number of hydrogen-bond acceptors (Lipinski definition) is 7. The van der Waals surface area contributed by atoms with Crippen LogP contribution in [0.15, 0.2) is 18.2 Å². The summed E-state index contributed by atoms with van der Waals surface area (Å²) >= 11 is 1.05. The molecule has 1 amide bonds. The van der Waals surface area contributed by atoms with Crippen LogP contribution in [-0.2, 0) is 0 Å². The van der Waals surface area contributed by atoms with E-state index < -0.39 is 10.8 Å². The number of benzene rings is 1. The van der Waals surface area contributed by atoms with Crippen LogP contribution in [0.4, 0.5) is 16.5 Å². The van der Waals surface area contributed by atoms with Crippen molar-refractivity contribution in [3.8, 4) is 0 Å². The zero-order valence-electron chi connectivity index (χ0n) is 11.4. The van der Waals surface area contributed by atoms with Crippen molar-refractivity contribution in [2.45, 2.75) is 13.8 Å². The number of rotatable bonds is 5. The van der Waals surface area contributed by atoms with Crippen LogP contribution in [0.25, 0.3) is 0 Å². The van der Waals surface area contributed by atoms with Gasteiger partial charge in [0.05, 0.1) is 10.5 Å². The molecular weight excluding hydrogens is 294 g/mol. The Morgan fingerprint density at radius 2 is 2.24 bits per heavy atom. The van der Waals surface area contributed by atoms with Crippen molar-refractivity contribution in [1.29, 1.82) is 0 Å². The van der Waals surface area contributed by atoms with Crippen LogP contribution in [0, 0.1) is 17.0 Å². The number of nitro groups is 1. The first-order chi connectivity index (χ1) is 10.0. The highest BCUT2D eigenvalue weighted by Gasteiger charge is 2.17. The first-order valence-electron chi connectivity index (χ1n) is 6.15. The normalized spacial score (nSPS) is 10.2. The van der Waals surface area contributed by atoms with Gasteiger partial charge in [0, 0.05) is 35.9 Å². The van der Waals surface area contributed by atoms with Crippen LogP contribution in [0.1, 0.15) is 23.1 Å². The zero-order chi connectivity index (χ0) is 15.4. The molecule has 0 bridgehead atoms. The lowest BCUT2D eigenvalue weighted by Crippen LogP contribution is -2.15. The number of nitro benzene ring substituents is 1. The van der Waals surface area contributed by atoms with Crippen molar-refractivity contribution in [1.82, 2.24) is 9.36 Å². The van der Waals surface area contributed by atoms with E-state index in [4.69, 9.17) is 0 Å². The highest BCUT2D eigenvalue weighted by atomic mass is 32.1. The maximum atomic E-state index is 12.3. The summed E-state index contributed by atoms with van der Waals surface area (Å²) in [6.45, 7) is 4.18. The molecule has 1 aromatic carbocycles. The Balaban J connectivity index is 2.32. The molecule has 0 aliphatic carbocycles. The topological polar surface area (TPSA) is 110 Å². The van der Waals surface area contributed by atoms with Crippen LogP contribution in [0.5, 0.6) is 0 Å². The first kappa shape index (κ1) is 14.9. The lowest BCUT2D eigenvalue weighted by atomic mass is 10.1. The Bertz CT molecular complexity index is 685. The van der Waals surface area contributed by atoms with Crippen LogP contribution >= 0.6 is 11.5 Å². The molecule has 0 radical (unpaired) electrons. The van der Waals surface area contributed by atoms with Gasteiger partial charge < -0.3 is 5.32 Å². The maximum absolute atomic E-state index is 12.3. The van der Waals surface area contributed by atoms with Gasteiger partial charge in [0.1, 0.15) is 5.82 Å². The molecule has 0 aliphatic heterocycles. The minimum absolute atomic E-state index is 0.143. The first-order valence-corrected chi connectivity index (χ1v) is 6.92. The summed E-state index contributed by atoms with van der Waals surface area (Å²) < 4.78 is 3.96. The summed E-state index contributed by atoms with van der Waals surface area (Å²) in [6.07, 6.45) is 0. The number of anilines is 2. The average molecular weight is 307 g/mol. The summed E-state index contributed by atoms with van der Waals surface area (Å²) in [5, 5.41) is 16.8. The Kier molecular flexibility index (Phi) is 4.43. The van der Waals surface area contributed by atoms with E-state index in [0.717, 1.165) is 11.5 Å². The third-order valence-electron chi connectivity index (χ3n) is 2.57. The summed E-state index contributed by atoms with van der Waals surface area (Å²) in [6, 6.07) is 4.10. The Hall–Kier alpha value is -2.55. The van der Waals surface area contributed by atoms with Crippen molar-refractivity contribution in [2.75, 3.05) is 17.2 Å². The van der Waals surface area contributed by atoms with Gasteiger partial charge in [0.15, 0.2) is 0 Å². The molecule has 1 heterocycles. The molecular formula is C12H13N5O3S. The molecule has 9 heteroatoms. The van der Waals surface area contributed by atoms with Gasteiger partial charge in [0.2, 0.25) is 5.13 Å². The van der Waals surface area contributed by atoms with E-state index in [-0.39, 0.29) is 11.3 Å². The number of carbonyl (C=O) groups excluding carboxylic acids is 1. The standard InChI is InChI=1S/C12H13N5O3S/c1-3-13-10-5-4-8(17(19)20)6-9(10)11(18)15-12-14-7(2)16-21-12/h4-6,13H,3H2,1-2H3,(H,14,15,16,18). The fourth-order valence-corrected chi connectivity index (χ4v) is 2.26. The third kappa shape index (κ3) is 3.51. The molecule has 110 valence electrons. The van der Waals surface area contributed by atoms with Crippen LogP contribution < -0.4 is 10.6 Å². The molecule has 2 rings (SSSR count). The second-order valence-corrected chi connectivity index (χ2v) is 4.87. The number of nitrogens with zero attached hydrogens (tertiary/aromatic N) is 3. The SMILES string of the molecule is CCNc1ccc([N+](=O)[O-])cc1C(=O)Nc1nc(C)ns1. The molecule has 0 unspecified atom stereocenters. The van der Waals surface area contributed by atoms with Crippen LogP contribution in [0.2, 0.25) is 0 Å². The largest absolute Gasteiger partial charge is 0.385 e. The van der Waals surface area contributed by atoms with E-state index in [1.54, 1.807) is 6.92 Å². The molecule has 0 atom stereocenters. The van der Waals surface area contributed by atoms with Gasteiger partial charge in [-0.1, -0.05) is 0 Å². The van der Waals surface area contributed by atoms with Gasteiger partial charge in [0.25, 0.3) is 11.6 Å². The fraction of sp³-hybridized carbons (Fsp3) is 0.250. The second kappa shape index (κ2) is 6.27. The number of non-ortho nitro benzene ring substituents is 1. The lowest BCUT2D eigenvalue weighted by molar-refractivity contribution is -0.384. The smallest absolute Gasteiger partial charge is 0.270 e. The van der Waals surface area contributed by atoms with Gasteiger partial charge in [-0.2, -0.15) is 4.37 Å². The Morgan fingerprint density at radius 3 is 2.81 bits per heavy atom. The molecule has 0 fully saturated rings. The van der Waals surface area contributed by atoms with Crippen LogP contribution in [0.3, 0.4) is 0 Å². The molecule has 2 N–H and O–H groups in total. The van der Waals surface area contributed by atoms with E-state index in [1.807, 2.05) is 6.92 Å². The molecule has 0 spiro atoms. The van der Waals surface area contributed by atoms with Crippen molar-refractivity contribution in [3.05, 3.63) is 39.7 Å². The van der Waals surface area contributed by atoms with E-state index >= 15 is 0 Å². The zero-order valence-corrected chi connectivity index (χ0v) is 12.2. The number of aryl methyl sites for hydroxylation is 1. The van der Waals surface area contributed by atoms with Crippen molar-refractivity contribution >= 4 is 33.9 Å². The minimum atomic E-state index is -0.540. The molecule has 0 aliphatic rings. The number of nitrogens with one attached hydrogen (secondary N) is 2. The van der Waals surface area contributed by atoms with Crippen LogP contribution in [-0.4, -0.2) is 26.7 Å². The fourth-order valence-electron chi connectivity index (χ4n) is 1.69. The monoisotopic (exact) mass is 307 g/mol. The number of carbonyl (C=O) groups is 1. The summed E-state index contributed by atoms with van der Waals surface area (Å²) in [7, 11) is 0. The summed E-state index contributed by atoms with van der Waals surface area (Å²) in [5.41, 5.74) is 0.580. The van der Waals surface area contributed by atoms with Crippen molar-refractivity contribution < 1.29 is 9.72 Å². The van der Waals surface area contributed by atoms with Gasteiger partial charge in [-0.05, 0) is 19.9 Å². The maximum Gasteiger partial charge on any atom is 0.270 e. The molecule has 0 saturated carbocycles. The highest BCUT2D eigenvalue weighted by Crippen LogP contribution is 2.23. The van der Waals surface area contributed by atoms with Gasteiger partial charge in [-0.15, -0.1) is 0 Å². The molecule has 21 heavy (non-hydrogen) atoms. The highest BCUT2D eigenvalue weighted by molar-refractivity contribution is 7.09. The van der Waals surface area contributed by atoms with Crippen molar-refractivity contribution in [2.24, 2.45) is 0 Å². The molecule has 8 nitrogen and oxygen atoms in total. The van der Waals surface area contributed by atoms with Crippen molar-refractivity contribution in [3.63, 3.8) is 0 Å². The Morgan fingerprint density at radius 1 is 1.48 bits per heavy atom. The second-order valence-electron chi connectivity index (χ2n) is 4.12. The lowest BCUT2D eigenvalue weighted by Gasteiger charge is -2.09. The van der Waals surface area contributed by atoms with E-state index in [0.29, 0.717) is 23.2 Å².